The highest BCUT2D eigenvalue weighted by molar-refractivity contribution is 9.11. The molecule has 5 nitrogen and oxygen atoms in total. The lowest BCUT2D eigenvalue weighted by atomic mass is 10.2. The van der Waals surface area contributed by atoms with Crippen LogP contribution in [0, 0.1) is 0 Å². The maximum absolute atomic E-state index is 11.9. The molecule has 0 unspecified atom stereocenters. The zero-order chi connectivity index (χ0) is 12.4. The number of nitrogens with two attached hydrogens (primary N) is 1. The normalized spacial score (nSPS) is 10.2. The number of nitrogens with one attached hydrogen (secondary N) is 2. The summed E-state index contributed by atoms with van der Waals surface area (Å²) >= 11 is 6.64. The number of hydrogen-bond donors (Lipinski definition) is 3. The molecule has 7 heteroatoms. The van der Waals surface area contributed by atoms with Gasteiger partial charge in [0.15, 0.2) is 5.82 Å². The number of halogens is 2. The first-order valence-electron chi connectivity index (χ1n) is 4.63. The molecule has 1 aromatic heterocycles. The van der Waals surface area contributed by atoms with Crippen molar-refractivity contribution in [3.63, 3.8) is 0 Å². The molecule has 17 heavy (non-hydrogen) atoms. The summed E-state index contributed by atoms with van der Waals surface area (Å²) in [5.74, 6) is 0.130. The molecular formula is C10H8Br2N4O. The van der Waals surface area contributed by atoms with Gasteiger partial charge in [-0.05, 0) is 34.1 Å². The number of aromatic nitrogens is 2. The third-order valence-corrected chi connectivity index (χ3v) is 3.23. The van der Waals surface area contributed by atoms with E-state index in [0.29, 0.717) is 21.5 Å². The molecule has 4 N–H and O–H groups in total. The molecule has 1 aromatic carbocycles. The summed E-state index contributed by atoms with van der Waals surface area (Å²) in [5.41, 5.74) is 6.51. The minimum atomic E-state index is -0.264. The van der Waals surface area contributed by atoms with Gasteiger partial charge in [-0.15, -0.1) is 0 Å². The van der Waals surface area contributed by atoms with Crippen LogP contribution in [0.5, 0.6) is 0 Å². The van der Waals surface area contributed by atoms with Crippen molar-refractivity contribution in [3.05, 3.63) is 38.9 Å². The number of benzene rings is 1. The maximum Gasteiger partial charge on any atom is 0.258 e. The summed E-state index contributed by atoms with van der Waals surface area (Å²) in [5, 5.41) is 8.97. The summed E-state index contributed by atoms with van der Waals surface area (Å²) in [4.78, 5) is 11.9. The van der Waals surface area contributed by atoms with Crippen LogP contribution in [0.25, 0.3) is 0 Å². The van der Waals surface area contributed by atoms with Gasteiger partial charge in [-0.1, -0.05) is 15.9 Å². The van der Waals surface area contributed by atoms with E-state index < -0.39 is 0 Å². The van der Waals surface area contributed by atoms with Gasteiger partial charge in [0.1, 0.15) is 0 Å². The van der Waals surface area contributed by atoms with Crippen LogP contribution in [0.15, 0.2) is 33.3 Å². The van der Waals surface area contributed by atoms with E-state index in [1.165, 1.54) is 6.20 Å². The van der Waals surface area contributed by atoms with Crippen LogP contribution in [0.1, 0.15) is 10.4 Å². The molecule has 0 radical (unpaired) electrons. The summed E-state index contributed by atoms with van der Waals surface area (Å²) in [6, 6.07) is 5.29. The molecular weight excluding hydrogens is 352 g/mol. The highest BCUT2D eigenvalue weighted by Crippen LogP contribution is 2.23. The van der Waals surface area contributed by atoms with E-state index in [4.69, 9.17) is 5.73 Å². The molecule has 0 atom stereocenters. The monoisotopic (exact) mass is 358 g/mol. The van der Waals surface area contributed by atoms with Crippen LogP contribution in [0.2, 0.25) is 0 Å². The number of nitrogen functional groups attached to an aromatic ring is 1. The highest BCUT2D eigenvalue weighted by atomic mass is 79.9. The predicted octanol–water partition coefficient (Wildman–Crippen LogP) is 2.77. The van der Waals surface area contributed by atoms with E-state index in [9.17, 15) is 4.79 Å². The van der Waals surface area contributed by atoms with Gasteiger partial charge < -0.3 is 11.1 Å². The smallest absolute Gasteiger partial charge is 0.258 e. The van der Waals surface area contributed by atoms with Crippen molar-refractivity contribution in [2.45, 2.75) is 0 Å². The van der Waals surface area contributed by atoms with E-state index in [-0.39, 0.29) is 5.91 Å². The van der Waals surface area contributed by atoms with Crippen LogP contribution in [-0.4, -0.2) is 16.1 Å². The number of nitrogens with zero attached hydrogens (tertiary/aromatic N) is 1. The van der Waals surface area contributed by atoms with Crippen LogP contribution < -0.4 is 11.1 Å². The quantitative estimate of drug-likeness (QED) is 0.770. The average molecular weight is 360 g/mol. The first-order chi connectivity index (χ1) is 8.08. The first kappa shape index (κ1) is 12.1. The molecule has 0 aliphatic carbocycles. The van der Waals surface area contributed by atoms with Gasteiger partial charge in [-0.3, -0.25) is 9.89 Å². The number of carbonyl (C=O) groups is 1. The van der Waals surface area contributed by atoms with Crippen LogP contribution in [0.3, 0.4) is 0 Å². The van der Waals surface area contributed by atoms with Crippen molar-refractivity contribution >= 4 is 49.3 Å². The van der Waals surface area contributed by atoms with Gasteiger partial charge in [0, 0.05) is 8.95 Å². The van der Waals surface area contributed by atoms with Crippen molar-refractivity contribution in [3.8, 4) is 0 Å². The maximum atomic E-state index is 11.9. The number of H-pyrrole nitrogens is 1. The Labute approximate surface area is 114 Å². The zero-order valence-electron chi connectivity index (χ0n) is 8.50. The van der Waals surface area contributed by atoms with Gasteiger partial charge in [-0.25, -0.2) is 0 Å². The van der Waals surface area contributed by atoms with E-state index in [2.05, 4.69) is 47.4 Å². The van der Waals surface area contributed by atoms with Crippen LogP contribution in [0.4, 0.5) is 11.5 Å². The standard InChI is InChI=1S/C10H8Br2N4O/c11-5-1-2-6(7(12)3-5)10(17)15-9-8(13)4-14-16-9/h1-4H,13H2,(H2,14,15,16,17). The fourth-order valence-corrected chi connectivity index (χ4v) is 2.48. The topological polar surface area (TPSA) is 83.8 Å². The van der Waals surface area contributed by atoms with Gasteiger partial charge in [0.2, 0.25) is 0 Å². The minimum absolute atomic E-state index is 0.264. The molecule has 0 saturated heterocycles. The van der Waals surface area contributed by atoms with Crippen LogP contribution in [-0.2, 0) is 0 Å². The Bertz CT molecular complexity index is 567. The van der Waals surface area contributed by atoms with Gasteiger partial charge in [0.25, 0.3) is 5.91 Å². The molecule has 0 saturated carbocycles. The largest absolute Gasteiger partial charge is 0.394 e. The molecule has 0 spiro atoms. The molecule has 0 fully saturated rings. The van der Waals surface area contributed by atoms with Gasteiger partial charge in [0.05, 0.1) is 17.4 Å². The van der Waals surface area contributed by atoms with Gasteiger partial charge in [-0.2, -0.15) is 5.10 Å². The van der Waals surface area contributed by atoms with E-state index in [0.717, 1.165) is 4.47 Å². The second-order valence-corrected chi connectivity index (χ2v) is 5.05. The summed E-state index contributed by atoms with van der Waals surface area (Å²) in [6.45, 7) is 0. The third-order valence-electron chi connectivity index (χ3n) is 2.08. The van der Waals surface area contributed by atoms with Crippen molar-refractivity contribution in [1.29, 1.82) is 0 Å². The van der Waals surface area contributed by atoms with Crippen molar-refractivity contribution in [2.24, 2.45) is 0 Å². The Balaban J connectivity index is 2.23. The first-order valence-corrected chi connectivity index (χ1v) is 6.22. The van der Waals surface area contributed by atoms with Crippen molar-refractivity contribution < 1.29 is 4.79 Å². The molecule has 1 heterocycles. The van der Waals surface area contributed by atoms with E-state index in [1.54, 1.807) is 18.2 Å². The summed E-state index contributed by atoms with van der Waals surface area (Å²) in [7, 11) is 0. The average Bonchev–Trinajstić information content (AvgIpc) is 2.64. The number of carbonyl (C=O) groups excluding carboxylic acids is 1. The Morgan fingerprint density at radius 2 is 2.18 bits per heavy atom. The Morgan fingerprint density at radius 3 is 2.76 bits per heavy atom. The number of hydrogen-bond acceptors (Lipinski definition) is 3. The lowest BCUT2D eigenvalue weighted by Gasteiger charge is -2.06. The second-order valence-electron chi connectivity index (χ2n) is 3.28. The molecule has 2 rings (SSSR count). The zero-order valence-corrected chi connectivity index (χ0v) is 11.7. The molecule has 0 bridgehead atoms. The van der Waals surface area contributed by atoms with E-state index in [1.807, 2.05) is 0 Å². The lowest BCUT2D eigenvalue weighted by molar-refractivity contribution is 0.102. The highest BCUT2D eigenvalue weighted by Gasteiger charge is 2.12. The molecule has 88 valence electrons. The third kappa shape index (κ3) is 2.67. The van der Waals surface area contributed by atoms with Crippen LogP contribution >= 0.6 is 31.9 Å². The van der Waals surface area contributed by atoms with Crippen molar-refractivity contribution in [1.82, 2.24) is 10.2 Å². The number of amides is 1. The summed E-state index contributed by atoms with van der Waals surface area (Å²) in [6.07, 6.45) is 1.44. The SMILES string of the molecule is Nc1cn[nH]c1NC(=O)c1ccc(Br)cc1Br. The number of rotatable bonds is 2. The molecule has 2 aromatic rings. The fourth-order valence-electron chi connectivity index (χ4n) is 1.25. The van der Waals surface area contributed by atoms with Gasteiger partial charge >= 0.3 is 0 Å². The van der Waals surface area contributed by atoms with E-state index >= 15 is 0 Å². The molecule has 1 amide bonds. The molecule has 0 aliphatic rings. The minimum Gasteiger partial charge on any atom is -0.394 e. The van der Waals surface area contributed by atoms with Crippen molar-refractivity contribution in [2.75, 3.05) is 11.1 Å². The lowest BCUT2D eigenvalue weighted by Crippen LogP contribution is -2.13. The predicted molar refractivity (Wildman–Crippen MR) is 72.8 cm³/mol. The Kier molecular flexibility index (Phi) is 3.49. The Morgan fingerprint density at radius 1 is 1.41 bits per heavy atom. The number of anilines is 2. The second kappa shape index (κ2) is 4.89. The summed E-state index contributed by atoms with van der Waals surface area (Å²) < 4.78 is 1.59. The fraction of sp³-hybridized carbons (Fsp3) is 0. The molecule has 0 aliphatic heterocycles. The number of aromatic amines is 1. The Hall–Kier alpha value is -1.34.